The molecule has 612 valence electrons. The highest BCUT2D eigenvalue weighted by Crippen LogP contribution is 2.35. The van der Waals surface area contributed by atoms with Gasteiger partial charge in [-0.1, -0.05) is 83.9 Å². The van der Waals surface area contributed by atoms with Crippen LogP contribution in [0.3, 0.4) is 0 Å². The van der Waals surface area contributed by atoms with Crippen LogP contribution in [0.5, 0.6) is 11.5 Å². The van der Waals surface area contributed by atoms with E-state index in [1.54, 1.807) is 97.1 Å². The van der Waals surface area contributed by atoms with Crippen molar-refractivity contribution in [3.63, 3.8) is 0 Å². The Balaban J connectivity index is 0.000000129. The molecule has 0 unspecified atom stereocenters. The van der Waals surface area contributed by atoms with Crippen molar-refractivity contribution in [2.45, 2.75) is 58.0 Å². The Labute approximate surface area is 699 Å². The lowest BCUT2D eigenvalue weighted by molar-refractivity contribution is -0.137. The van der Waals surface area contributed by atoms with Gasteiger partial charge in [-0.2, -0.15) is 30.7 Å². The minimum atomic E-state index is -4.34. The van der Waals surface area contributed by atoms with Gasteiger partial charge in [0.2, 0.25) is 27.3 Å². The largest absolute Gasteiger partial charge is 0.454 e. The van der Waals surface area contributed by atoms with Gasteiger partial charge < -0.3 is 48.7 Å². The zero-order valence-corrected chi connectivity index (χ0v) is 68.2. The Morgan fingerprint density at radius 3 is 1.08 bits per heavy atom. The Morgan fingerprint density at radius 2 is 0.703 bits per heavy atom. The van der Waals surface area contributed by atoms with Gasteiger partial charge in [-0.05, 0) is 170 Å². The van der Waals surface area contributed by atoms with Gasteiger partial charge in [0, 0.05) is 204 Å². The van der Waals surface area contributed by atoms with E-state index in [9.17, 15) is 45.1 Å². The van der Waals surface area contributed by atoms with Gasteiger partial charge in [0.1, 0.15) is 46.6 Å². The molecule has 33 heteroatoms. The van der Waals surface area contributed by atoms with E-state index in [2.05, 4.69) is 57.0 Å². The van der Waals surface area contributed by atoms with Crippen LogP contribution in [0.1, 0.15) is 107 Å². The number of hydrogen-bond acceptors (Lipinski definition) is 22. The lowest BCUT2D eigenvalue weighted by atomic mass is 10.1. The summed E-state index contributed by atoms with van der Waals surface area (Å²) in [6.07, 6.45) is 0.528. The van der Waals surface area contributed by atoms with Crippen LogP contribution >= 0.6 is 57.7 Å². The Hall–Kier alpha value is -11.2. The summed E-state index contributed by atoms with van der Waals surface area (Å²) in [5.41, 5.74) is 6.97. The number of fused-ring (bicyclic) bond motifs is 1. The minimum absolute atomic E-state index is 0.00517. The van der Waals surface area contributed by atoms with Crippen molar-refractivity contribution in [3.8, 4) is 11.5 Å². The molecule has 8 aromatic carbocycles. The molecule has 3 amide bonds. The van der Waals surface area contributed by atoms with Crippen molar-refractivity contribution in [1.29, 1.82) is 0 Å². The molecule has 0 radical (unpaired) electrons. The van der Waals surface area contributed by atoms with Crippen molar-refractivity contribution in [2.24, 2.45) is 0 Å². The zero-order valence-electron chi connectivity index (χ0n) is 64.2. The summed E-state index contributed by atoms with van der Waals surface area (Å²) in [6, 6.07) is 51.0. The van der Waals surface area contributed by atoms with Gasteiger partial charge in [-0.3, -0.25) is 14.4 Å². The first-order valence-electron chi connectivity index (χ1n) is 38.5. The molecule has 21 nitrogen and oxygen atoms in total. The summed E-state index contributed by atoms with van der Waals surface area (Å²) in [4.78, 5) is 73.4. The summed E-state index contributed by atoms with van der Waals surface area (Å²) in [5, 5.41) is 4.02. The molecule has 0 saturated carbocycles. The van der Waals surface area contributed by atoms with Crippen LogP contribution in [-0.2, 0) is 31.9 Å². The number of amides is 3. The molecule has 4 saturated heterocycles. The molecular weight excluding hydrogens is 1620 g/mol. The van der Waals surface area contributed by atoms with Gasteiger partial charge in [-0.15, -0.1) is 0 Å². The highest BCUT2D eigenvalue weighted by molar-refractivity contribution is 7.10. The first-order chi connectivity index (χ1) is 57.2. The topological polar surface area (TPSA) is 199 Å². The number of carbonyl (C=O) groups excluding carboxylic acids is 3. The van der Waals surface area contributed by atoms with Crippen LogP contribution in [0, 0.1) is 30.2 Å². The van der Waals surface area contributed by atoms with E-state index in [-0.39, 0.29) is 47.8 Å². The molecular formula is C85H82ClF7N16O5S4. The van der Waals surface area contributed by atoms with E-state index in [1.807, 2.05) is 50.8 Å². The van der Waals surface area contributed by atoms with Crippen LogP contribution in [-0.4, -0.2) is 181 Å². The van der Waals surface area contributed by atoms with Crippen LogP contribution in [0.25, 0.3) is 0 Å². The third-order valence-corrected chi connectivity index (χ3v) is 23.7. The van der Waals surface area contributed by atoms with E-state index in [0.717, 1.165) is 129 Å². The summed E-state index contributed by atoms with van der Waals surface area (Å²) >= 11 is 11.3. The molecule has 5 aliphatic heterocycles. The van der Waals surface area contributed by atoms with E-state index in [0.29, 0.717) is 137 Å². The number of ether oxygens (including phenoxy) is 2. The van der Waals surface area contributed by atoms with E-state index < -0.39 is 11.7 Å². The van der Waals surface area contributed by atoms with Gasteiger partial charge in [0.15, 0.2) is 11.5 Å². The fourth-order valence-corrected chi connectivity index (χ4v) is 16.8. The van der Waals surface area contributed by atoms with Crippen molar-refractivity contribution in [2.75, 3.05) is 136 Å². The maximum absolute atomic E-state index is 13.1. The summed E-state index contributed by atoms with van der Waals surface area (Å²) in [7, 11) is 0. The Bertz CT molecular complexity index is 5160. The second-order valence-electron chi connectivity index (χ2n) is 28.5. The second kappa shape index (κ2) is 39.4. The number of benzene rings is 8. The van der Waals surface area contributed by atoms with Gasteiger partial charge in [0.25, 0.3) is 17.7 Å². The fourth-order valence-electron chi connectivity index (χ4n) is 13.8. The molecule has 0 spiro atoms. The van der Waals surface area contributed by atoms with Crippen molar-refractivity contribution < 1.29 is 54.6 Å². The third-order valence-electron chi connectivity index (χ3n) is 20.2. The number of alkyl halides is 3. The molecule has 0 atom stereocenters. The lowest BCUT2D eigenvalue weighted by Gasteiger charge is -2.36. The minimum Gasteiger partial charge on any atom is -0.454 e. The Kier molecular flexibility index (Phi) is 27.8. The molecule has 12 aromatic rings. The second-order valence-corrected chi connectivity index (χ2v) is 31.9. The Morgan fingerprint density at radius 1 is 0.373 bits per heavy atom. The standard InChI is InChI=1S/C22H21FN4O3S.C22H23FN4OS.C21H20ClFN4OS.C20H18F4N4S/c23-17-5-2-15(3-6-17)12-20-24-22(31-25-20)27-9-1-8-26(10-11-27)21(28)16-4-7-18-19(13-16)30-14-29-18;1-16-3-7-18(8-4-16)21(28)26-11-2-12-27(14-13-26)22-24-20(25-29-22)15-17-5-9-19(23)10-6-17;22-17-6-4-16(5-7-17)20(28)26-10-1-11-27(13-12-26)21-24-19(25-29-21)14-15-2-8-18(23)9-3-15;21-16-6-4-14(5-7-16)12-18-25-19(29-26-18)28-10-8-27(9-11-28)17-3-1-2-15(13-17)20(22,23)24/h2-7,13H,1,8-12,14H2;3-10H,2,11-15H2,1H3;2-9H,1,10-14H2;1-7,13H,8-12H2. The molecule has 4 aromatic heterocycles. The normalized spacial score (nSPS) is 15.1. The van der Waals surface area contributed by atoms with Crippen LogP contribution < -0.4 is 34.0 Å². The number of aromatic nitrogens is 8. The predicted molar refractivity (Wildman–Crippen MR) is 446 cm³/mol. The molecule has 0 N–H and O–H groups in total. The molecule has 0 aliphatic carbocycles. The number of nitrogens with zero attached hydrogens (tertiary/aromatic N) is 16. The smallest absolute Gasteiger partial charge is 0.416 e. The van der Waals surface area contributed by atoms with E-state index in [4.69, 9.17) is 21.1 Å². The molecule has 9 heterocycles. The fraction of sp³-hybridized carbons (Fsp3) is 0.306. The van der Waals surface area contributed by atoms with Crippen LogP contribution in [0.4, 0.5) is 56.9 Å². The molecule has 4 fully saturated rings. The first-order valence-corrected chi connectivity index (χ1v) is 42.0. The number of carbonyl (C=O) groups is 3. The number of halogens is 8. The quantitative estimate of drug-likeness (QED) is 0.0827. The number of piperazine rings is 1. The molecule has 17 rings (SSSR count). The van der Waals surface area contributed by atoms with Crippen LogP contribution in [0.2, 0.25) is 5.02 Å². The van der Waals surface area contributed by atoms with Crippen molar-refractivity contribution in [1.82, 2.24) is 52.1 Å². The zero-order chi connectivity index (χ0) is 82.1. The maximum Gasteiger partial charge on any atom is 0.416 e. The number of anilines is 5. The van der Waals surface area contributed by atoms with E-state index in [1.165, 1.54) is 107 Å². The van der Waals surface area contributed by atoms with Crippen LogP contribution in [0.15, 0.2) is 188 Å². The average Bonchev–Trinajstić information content (AvgIpc) is 1.33. The SMILES string of the molecule is Cc1ccc(C(=O)N2CCCN(c3nc(Cc4ccc(F)cc4)ns3)CC2)cc1.Fc1ccc(Cc2nsc(N3CCN(c4cccc(C(F)(F)F)c4)CC3)n2)cc1.O=C(c1ccc(Cl)cc1)N1CCCN(c2nc(Cc3ccc(F)cc3)ns2)CC1.O=C(c1ccc2c(c1)OCO2)N1CCCN(c2nc(Cc3ccc(F)cc3)ns2)CC1. The summed E-state index contributed by atoms with van der Waals surface area (Å²) < 4.78 is 120. The van der Waals surface area contributed by atoms with Crippen molar-refractivity contribution >= 4 is 102 Å². The highest BCUT2D eigenvalue weighted by atomic mass is 35.5. The van der Waals surface area contributed by atoms with E-state index >= 15 is 0 Å². The van der Waals surface area contributed by atoms with Gasteiger partial charge >= 0.3 is 6.18 Å². The molecule has 5 aliphatic rings. The highest BCUT2D eigenvalue weighted by Gasteiger charge is 2.33. The molecule has 118 heavy (non-hydrogen) atoms. The van der Waals surface area contributed by atoms with Crippen molar-refractivity contribution in [3.05, 3.63) is 290 Å². The number of aryl methyl sites for hydroxylation is 1. The van der Waals surface area contributed by atoms with Gasteiger partial charge in [0.05, 0.1) is 5.56 Å². The molecule has 0 bridgehead atoms. The first kappa shape index (κ1) is 83.3. The lowest BCUT2D eigenvalue weighted by Crippen LogP contribution is -2.46. The number of rotatable bonds is 16. The maximum atomic E-state index is 13.1. The summed E-state index contributed by atoms with van der Waals surface area (Å²) in [5.74, 6) is 3.26. The number of hydrogen-bond donors (Lipinski definition) is 0. The average molecular weight is 1700 g/mol. The third kappa shape index (κ3) is 22.8. The monoisotopic (exact) mass is 1700 g/mol. The van der Waals surface area contributed by atoms with Gasteiger partial charge in [-0.25, -0.2) is 37.5 Å². The predicted octanol–water partition coefficient (Wildman–Crippen LogP) is 16.2. The summed E-state index contributed by atoms with van der Waals surface area (Å²) in [6.45, 7) is 13.4.